The first-order valence-corrected chi connectivity index (χ1v) is 16.9. The van der Waals surface area contributed by atoms with Crippen LogP contribution >= 0.6 is 0 Å². The van der Waals surface area contributed by atoms with Crippen molar-refractivity contribution in [1.82, 2.24) is 15.3 Å². The van der Waals surface area contributed by atoms with Gasteiger partial charge in [0.2, 0.25) is 12.5 Å². The number of hydrogen-bond donors (Lipinski definition) is 1. The van der Waals surface area contributed by atoms with E-state index in [-0.39, 0.29) is 25.5 Å². The number of cyclic esters (lactones) is 1. The van der Waals surface area contributed by atoms with Gasteiger partial charge in [0.15, 0.2) is 23.0 Å². The molecule has 13 nitrogen and oxygen atoms in total. The summed E-state index contributed by atoms with van der Waals surface area (Å²) in [5.41, 5.74) is 4.68. The zero-order chi connectivity index (χ0) is 36.7. The van der Waals surface area contributed by atoms with Crippen LogP contribution in [-0.4, -0.2) is 68.6 Å². The average Bonchev–Trinajstić information content (AvgIpc) is 3.77. The summed E-state index contributed by atoms with van der Waals surface area (Å²) in [6, 6.07) is 15.4. The summed E-state index contributed by atoms with van der Waals surface area (Å²) in [5, 5.41) is 2.87. The van der Waals surface area contributed by atoms with Crippen LogP contribution in [0, 0.1) is 32.6 Å². The van der Waals surface area contributed by atoms with Gasteiger partial charge in [-0.15, -0.1) is 0 Å². The minimum atomic E-state index is -1.11. The number of aromatic nitrogens is 2. The van der Waals surface area contributed by atoms with Crippen molar-refractivity contribution in [3.63, 3.8) is 0 Å². The fourth-order valence-corrected chi connectivity index (χ4v) is 7.35. The van der Waals surface area contributed by atoms with Gasteiger partial charge in [0.1, 0.15) is 17.8 Å². The van der Waals surface area contributed by atoms with Crippen LogP contribution in [0.5, 0.6) is 28.7 Å². The Morgan fingerprint density at radius 1 is 0.846 bits per heavy atom. The standard InChI is InChI=1S/C39H39N3O10/c1-19-20(2)41-34(21(3)40-19)37(43)42-27(12-22-10-8-7-9-11-22)38(44)52-35-25-16-29-28(50-18-51-29)15-24(25)32(33-26(35)17-49-39(33)45)23-13-30(46-4)36(48-6)31(14-23)47-5/h7-11,13-16,26-27,32-33,35H,12,17-18H2,1-6H3,(H,42,43)/t26-,27-,32+,33-,35-/m0/s1. The van der Waals surface area contributed by atoms with Gasteiger partial charge in [0.05, 0.1) is 50.9 Å². The maximum atomic E-state index is 14.4. The molecule has 3 heterocycles. The first-order chi connectivity index (χ1) is 25.1. The highest BCUT2D eigenvalue weighted by atomic mass is 16.7. The average molecular weight is 710 g/mol. The van der Waals surface area contributed by atoms with Crippen LogP contribution in [0.25, 0.3) is 0 Å². The monoisotopic (exact) mass is 709 g/mol. The molecular weight excluding hydrogens is 670 g/mol. The van der Waals surface area contributed by atoms with Crippen LogP contribution in [0.3, 0.4) is 0 Å². The third-order valence-electron chi connectivity index (χ3n) is 9.98. The third-order valence-corrected chi connectivity index (χ3v) is 9.98. The summed E-state index contributed by atoms with van der Waals surface area (Å²) in [4.78, 5) is 50.7. The van der Waals surface area contributed by atoms with Crippen molar-refractivity contribution in [2.75, 3.05) is 34.7 Å². The number of fused-ring (bicyclic) bond motifs is 3. The Bertz CT molecular complexity index is 2030. The summed E-state index contributed by atoms with van der Waals surface area (Å²) in [6.45, 7) is 5.30. The summed E-state index contributed by atoms with van der Waals surface area (Å²) in [7, 11) is 4.56. The molecule has 1 N–H and O–H groups in total. The van der Waals surface area contributed by atoms with Crippen LogP contribution in [-0.2, 0) is 25.5 Å². The number of carbonyl (C=O) groups excluding carboxylic acids is 3. The van der Waals surface area contributed by atoms with Crippen LogP contribution in [0.2, 0.25) is 0 Å². The maximum Gasteiger partial charge on any atom is 0.329 e. The molecule has 0 spiro atoms. The van der Waals surface area contributed by atoms with E-state index in [1.807, 2.05) is 43.3 Å². The predicted octanol–water partition coefficient (Wildman–Crippen LogP) is 4.72. The number of methoxy groups -OCH3 is 3. The number of nitrogens with one attached hydrogen (secondary N) is 1. The molecule has 3 aromatic carbocycles. The van der Waals surface area contributed by atoms with Crippen LogP contribution in [0.1, 0.15) is 61.8 Å². The SMILES string of the molecule is COc1cc([C@@H]2c3cc4c(cc3[C@H](OC(=O)[C@H](Cc3ccccc3)NC(=O)c3nc(C)c(C)nc3C)[C@H]3COC(=O)[C@H]23)OCO4)cc(OC)c1OC. The molecule has 4 aromatic rings. The van der Waals surface area contributed by atoms with E-state index in [9.17, 15) is 14.4 Å². The summed E-state index contributed by atoms with van der Waals surface area (Å²) >= 11 is 0. The quantitative estimate of drug-likeness (QED) is 0.227. The molecule has 0 saturated carbocycles. The Balaban J connectivity index is 1.30. The lowest BCUT2D eigenvalue weighted by molar-refractivity contribution is -0.156. The maximum absolute atomic E-state index is 14.4. The van der Waals surface area contributed by atoms with E-state index in [0.717, 1.165) is 5.56 Å². The first kappa shape index (κ1) is 34.6. The number of ether oxygens (including phenoxy) is 7. The molecule has 1 fully saturated rings. The van der Waals surface area contributed by atoms with E-state index < -0.39 is 47.7 Å². The molecule has 270 valence electrons. The summed E-state index contributed by atoms with van der Waals surface area (Å²) < 4.78 is 40.5. The Morgan fingerprint density at radius 2 is 1.50 bits per heavy atom. The fourth-order valence-electron chi connectivity index (χ4n) is 7.35. The minimum absolute atomic E-state index is 0.00336. The highest BCUT2D eigenvalue weighted by Gasteiger charge is 2.54. The minimum Gasteiger partial charge on any atom is -0.493 e. The van der Waals surface area contributed by atoms with Gasteiger partial charge in [0.25, 0.3) is 5.91 Å². The Hall–Kier alpha value is -5.85. The normalized spacial score (nSPS) is 20.2. The van der Waals surface area contributed by atoms with E-state index >= 15 is 0 Å². The van der Waals surface area contributed by atoms with Crippen molar-refractivity contribution < 1.29 is 47.5 Å². The molecule has 2 aliphatic heterocycles. The zero-order valence-corrected chi connectivity index (χ0v) is 29.7. The lowest BCUT2D eigenvalue weighted by Crippen LogP contribution is -2.46. The molecule has 1 aromatic heterocycles. The number of benzene rings is 3. The molecule has 0 bridgehead atoms. The van der Waals surface area contributed by atoms with Gasteiger partial charge in [-0.05, 0) is 61.7 Å². The molecule has 1 saturated heterocycles. The van der Waals surface area contributed by atoms with Crippen molar-refractivity contribution in [2.24, 2.45) is 11.8 Å². The Labute approximate surface area is 300 Å². The molecule has 13 heteroatoms. The highest BCUT2D eigenvalue weighted by molar-refractivity contribution is 5.96. The number of carbonyl (C=O) groups is 3. The first-order valence-electron chi connectivity index (χ1n) is 16.9. The zero-order valence-electron chi connectivity index (χ0n) is 29.7. The fraction of sp³-hybridized carbons (Fsp3) is 0.359. The lowest BCUT2D eigenvalue weighted by atomic mass is 9.66. The molecule has 0 radical (unpaired) electrons. The van der Waals surface area contributed by atoms with Gasteiger partial charge in [-0.1, -0.05) is 30.3 Å². The second kappa shape index (κ2) is 14.0. The van der Waals surface area contributed by atoms with Gasteiger partial charge in [-0.3, -0.25) is 14.6 Å². The van der Waals surface area contributed by atoms with E-state index in [0.29, 0.717) is 62.5 Å². The smallest absolute Gasteiger partial charge is 0.329 e. The van der Waals surface area contributed by atoms with Gasteiger partial charge in [-0.2, -0.15) is 0 Å². The topological polar surface area (TPSA) is 154 Å². The third kappa shape index (κ3) is 6.20. The van der Waals surface area contributed by atoms with Crippen molar-refractivity contribution in [3.05, 3.63) is 99.6 Å². The van der Waals surface area contributed by atoms with E-state index in [4.69, 9.17) is 33.2 Å². The van der Waals surface area contributed by atoms with E-state index in [1.54, 1.807) is 32.0 Å². The Kier molecular flexibility index (Phi) is 9.35. The second-order valence-corrected chi connectivity index (χ2v) is 13.0. The van der Waals surface area contributed by atoms with Crippen molar-refractivity contribution in [3.8, 4) is 28.7 Å². The van der Waals surface area contributed by atoms with Crippen molar-refractivity contribution in [2.45, 2.75) is 45.3 Å². The number of hydrogen-bond acceptors (Lipinski definition) is 12. The van der Waals surface area contributed by atoms with Crippen molar-refractivity contribution >= 4 is 17.8 Å². The van der Waals surface area contributed by atoms with Crippen LogP contribution in [0.4, 0.5) is 0 Å². The van der Waals surface area contributed by atoms with E-state index in [1.165, 1.54) is 21.3 Å². The molecule has 5 atom stereocenters. The van der Waals surface area contributed by atoms with E-state index in [2.05, 4.69) is 15.3 Å². The Morgan fingerprint density at radius 3 is 2.15 bits per heavy atom. The van der Waals surface area contributed by atoms with Crippen molar-refractivity contribution in [1.29, 1.82) is 0 Å². The van der Waals surface area contributed by atoms with Crippen LogP contribution < -0.4 is 29.0 Å². The van der Waals surface area contributed by atoms with Gasteiger partial charge >= 0.3 is 11.9 Å². The number of nitrogens with zero attached hydrogens (tertiary/aromatic N) is 2. The number of esters is 2. The molecular formula is C39H39N3O10. The molecule has 1 amide bonds. The highest BCUT2D eigenvalue weighted by Crippen LogP contribution is 2.56. The summed E-state index contributed by atoms with van der Waals surface area (Å²) in [5.74, 6) is -1.40. The molecule has 1 aliphatic carbocycles. The number of aryl methyl sites for hydroxylation is 3. The van der Waals surface area contributed by atoms with Gasteiger partial charge in [0, 0.05) is 23.8 Å². The molecule has 3 aliphatic rings. The second-order valence-electron chi connectivity index (χ2n) is 13.0. The van der Waals surface area contributed by atoms with Crippen LogP contribution in [0.15, 0.2) is 54.6 Å². The molecule has 52 heavy (non-hydrogen) atoms. The predicted molar refractivity (Wildman–Crippen MR) is 185 cm³/mol. The lowest BCUT2D eigenvalue weighted by Gasteiger charge is -2.39. The largest absolute Gasteiger partial charge is 0.493 e. The summed E-state index contributed by atoms with van der Waals surface area (Å²) in [6.07, 6.45) is -0.800. The molecule has 0 unspecified atom stereocenters. The van der Waals surface area contributed by atoms with Gasteiger partial charge < -0.3 is 38.5 Å². The van der Waals surface area contributed by atoms with Gasteiger partial charge in [-0.25, -0.2) is 9.78 Å². The molecule has 7 rings (SSSR count). The number of amides is 1. The number of rotatable bonds is 10.